The number of likely N-dealkylation sites (tertiary alicyclic amines) is 1. The van der Waals surface area contributed by atoms with Crippen molar-refractivity contribution in [3.63, 3.8) is 0 Å². The lowest BCUT2D eigenvalue weighted by Crippen LogP contribution is -2.33. The molecule has 1 aliphatic rings. The maximum atomic E-state index is 13.3. The Balaban J connectivity index is 2.19. The van der Waals surface area contributed by atoms with Crippen molar-refractivity contribution in [1.82, 2.24) is 4.90 Å². The summed E-state index contributed by atoms with van der Waals surface area (Å²) in [6, 6.07) is 10.9. The number of amides is 1. The number of Topliss-reactive ketones (excluding diaryl/α,β-unsaturated/α-hetero) is 1. The van der Waals surface area contributed by atoms with Crippen molar-refractivity contribution in [2.45, 2.75) is 59.6 Å². The van der Waals surface area contributed by atoms with Crippen LogP contribution in [0.4, 0.5) is 0 Å². The number of nitrogens with zero attached hydrogens (tertiary/aromatic N) is 1. The highest BCUT2D eigenvalue weighted by Gasteiger charge is 2.46. The number of methoxy groups -OCH3 is 1. The van der Waals surface area contributed by atoms with Crippen LogP contribution in [0.1, 0.15) is 67.5 Å². The number of benzene rings is 2. The summed E-state index contributed by atoms with van der Waals surface area (Å²) in [6.45, 7) is 12.4. The maximum Gasteiger partial charge on any atom is 0.295 e. The van der Waals surface area contributed by atoms with Crippen LogP contribution in [-0.2, 0) is 14.3 Å². The quantitative estimate of drug-likeness (QED) is 0.326. The molecular formula is C28H35NO5. The van der Waals surface area contributed by atoms with Gasteiger partial charge in [-0.15, -0.1) is 0 Å². The lowest BCUT2D eigenvalue weighted by molar-refractivity contribution is -0.140. The highest BCUT2D eigenvalue weighted by Crippen LogP contribution is 2.42. The molecule has 3 rings (SSSR count). The molecule has 1 atom stereocenters. The van der Waals surface area contributed by atoms with Crippen LogP contribution >= 0.6 is 0 Å². The average molecular weight is 466 g/mol. The number of carbonyl (C=O) groups is 2. The van der Waals surface area contributed by atoms with Gasteiger partial charge >= 0.3 is 0 Å². The predicted molar refractivity (Wildman–Crippen MR) is 133 cm³/mol. The topological polar surface area (TPSA) is 76.1 Å². The number of aliphatic hydroxyl groups excluding tert-OH is 1. The monoisotopic (exact) mass is 465 g/mol. The van der Waals surface area contributed by atoms with Crippen molar-refractivity contribution in [3.8, 4) is 5.75 Å². The van der Waals surface area contributed by atoms with Crippen molar-refractivity contribution in [2.24, 2.45) is 0 Å². The lowest BCUT2D eigenvalue weighted by Gasteiger charge is -2.26. The lowest BCUT2D eigenvalue weighted by atomic mass is 9.92. The van der Waals surface area contributed by atoms with Crippen LogP contribution in [-0.4, -0.2) is 48.1 Å². The Labute approximate surface area is 202 Å². The minimum atomic E-state index is -0.720. The Bertz CT molecular complexity index is 1100. The van der Waals surface area contributed by atoms with Crippen molar-refractivity contribution < 1.29 is 24.2 Å². The smallest absolute Gasteiger partial charge is 0.295 e. The molecule has 0 bridgehead atoms. The number of carbonyl (C=O) groups excluding carboxylic acids is 2. The van der Waals surface area contributed by atoms with E-state index >= 15 is 0 Å². The van der Waals surface area contributed by atoms with Gasteiger partial charge < -0.3 is 19.5 Å². The number of ketones is 1. The molecule has 34 heavy (non-hydrogen) atoms. The van der Waals surface area contributed by atoms with Crippen LogP contribution in [0.3, 0.4) is 0 Å². The molecule has 0 saturated carbocycles. The first kappa shape index (κ1) is 25.5. The highest BCUT2D eigenvalue weighted by atomic mass is 16.5. The fraction of sp³-hybridized carbons (Fsp3) is 0.429. The number of hydrogen-bond donors (Lipinski definition) is 1. The first-order valence-corrected chi connectivity index (χ1v) is 11.7. The van der Waals surface area contributed by atoms with Crippen molar-refractivity contribution in [2.75, 3.05) is 20.3 Å². The van der Waals surface area contributed by atoms with E-state index in [4.69, 9.17) is 9.47 Å². The molecule has 1 aliphatic heterocycles. The first-order valence-electron chi connectivity index (χ1n) is 11.7. The molecule has 0 aliphatic carbocycles. The molecule has 0 spiro atoms. The van der Waals surface area contributed by atoms with E-state index in [0.29, 0.717) is 17.2 Å². The summed E-state index contributed by atoms with van der Waals surface area (Å²) in [5, 5.41) is 11.4. The molecule has 2 aromatic rings. The fourth-order valence-electron chi connectivity index (χ4n) is 4.45. The zero-order valence-corrected chi connectivity index (χ0v) is 21.1. The summed E-state index contributed by atoms with van der Waals surface area (Å²) >= 11 is 0. The zero-order valence-electron chi connectivity index (χ0n) is 21.1. The molecule has 1 saturated heterocycles. The van der Waals surface area contributed by atoms with Gasteiger partial charge in [0.25, 0.3) is 11.7 Å². The van der Waals surface area contributed by atoms with Crippen molar-refractivity contribution in [1.29, 1.82) is 0 Å². The molecule has 1 heterocycles. The molecule has 1 N–H and O–H groups in total. The zero-order chi connectivity index (χ0) is 25.2. The van der Waals surface area contributed by atoms with Crippen LogP contribution in [0.15, 0.2) is 42.0 Å². The summed E-state index contributed by atoms with van der Waals surface area (Å²) in [7, 11) is 1.53. The second-order valence-electron chi connectivity index (χ2n) is 9.40. The van der Waals surface area contributed by atoms with E-state index in [1.54, 1.807) is 6.07 Å². The van der Waals surface area contributed by atoms with Gasteiger partial charge in [-0.2, -0.15) is 0 Å². The second-order valence-corrected chi connectivity index (χ2v) is 9.40. The Morgan fingerprint density at radius 2 is 1.71 bits per heavy atom. The number of aryl methyl sites for hydroxylation is 2. The normalized spacial score (nSPS) is 17.8. The first-order chi connectivity index (χ1) is 16.1. The largest absolute Gasteiger partial charge is 0.507 e. The van der Waals surface area contributed by atoms with E-state index < -0.39 is 17.7 Å². The van der Waals surface area contributed by atoms with Gasteiger partial charge in [-0.3, -0.25) is 9.59 Å². The predicted octanol–water partition coefficient (Wildman–Crippen LogP) is 5.28. The molecule has 6 nitrogen and oxygen atoms in total. The van der Waals surface area contributed by atoms with E-state index in [-0.39, 0.29) is 30.6 Å². The van der Waals surface area contributed by atoms with E-state index in [2.05, 4.69) is 13.8 Å². The molecule has 182 valence electrons. The van der Waals surface area contributed by atoms with Crippen LogP contribution in [0, 0.1) is 13.8 Å². The molecule has 0 aromatic heterocycles. The van der Waals surface area contributed by atoms with E-state index in [1.807, 2.05) is 58.0 Å². The highest BCUT2D eigenvalue weighted by molar-refractivity contribution is 6.46. The van der Waals surface area contributed by atoms with Gasteiger partial charge in [0.05, 0.1) is 37.0 Å². The number of ether oxygens (including phenoxy) is 2. The molecule has 1 amide bonds. The van der Waals surface area contributed by atoms with Crippen LogP contribution in [0.5, 0.6) is 5.75 Å². The van der Waals surface area contributed by atoms with Gasteiger partial charge in [0.2, 0.25) is 0 Å². The molecule has 1 fully saturated rings. The number of hydrogen-bond acceptors (Lipinski definition) is 5. The Morgan fingerprint density at radius 3 is 2.26 bits per heavy atom. The SMILES string of the molecule is COc1c(C)cc(C)cc1/C(O)=C1\C(=O)C(=O)N(CCOC(C)C)C1c1ccc(C(C)C)cc1. The molecule has 1 unspecified atom stereocenters. The summed E-state index contributed by atoms with van der Waals surface area (Å²) in [5.74, 6) is -0.755. The minimum Gasteiger partial charge on any atom is -0.507 e. The van der Waals surface area contributed by atoms with Crippen LogP contribution in [0.2, 0.25) is 0 Å². The maximum absolute atomic E-state index is 13.3. The minimum absolute atomic E-state index is 0.000118. The summed E-state index contributed by atoms with van der Waals surface area (Å²) in [5.41, 5.74) is 4.13. The van der Waals surface area contributed by atoms with Gasteiger partial charge in [0.1, 0.15) is 11.5 Å². The van der Waals surface area contributed by atoms with E-state index in [1.165, 1.54) is 12.0 Å². The van der Waals surface area contributed by atoms with Crippen molar-refractivity contribution >= 4 is 17.4 Å². The van der Waals surface area contributed by atoms with Crippen LogP contribution in [0.25, 0.3) is 5.76 Å². The number of rotatable bonds is 8. The summed E-state index contributed by atoms with van der Waals surface area (Å²) < 4.78 is 11.2. The molecule has 0 radical (unpaired) electrons. The van der Waals surface area contributed by atoms with Crippen molar-refractivity contribution in [3.05, 3.63) is 69.8 Å². The Morgan fingerprint density at radius 1 is 1.06 bits per heavy atom. The third-order valence-electron chi connectivity index (χ3n) is 6.12. The molecule has 2 aromatic carbocycles. The second kappa shape index (κ2) is 10.4. The van der Waals surface area contributed by atoms with E-state index in [0.717, 1.165) is 22.3 Å². The average Bonchev–Trinajstić information content (AvgIpc) is 3.03. The van der Waals surface area contributed by atoms with E-state index in [9.17, 15) is 14.7 Å². The standard InChI is InChI=1S/C28H35NO5/c1-16(2)20-8-10-21(11-9-20)24-23(26(31)28(32)29(24)12-13-34-17(3)4)25(30)22-15-18(5)14-19(6)27(22)33-7/h8-11,14-17,24,30H,12-13H2,1-7H3/b25-23+. The Kier molecular flexibility index (Phi) is 7.82. The number of aliphatic hydroxyl groups is 1. The fourth-order valence-corrected chi connectivity index (χ4v) is 4.45. The molecular weight excluding hydrogens is 430 g/mol. The van der Waals surface area contributed by atoms with Gasteiger partial charge in [-0.05, 0) is 61.9 Å². The third kappa shape index (κ3) is 5.02. The van der Waals surface area contributed by atoms with Gasteiger partial charge in [0, 0.05) is 6.54 Å². The van der Waals surface area contributed by atoms with Gasteiger partial charge in [-0.25, -0.2) is 0 Å². The van der Waals surface area contributed by atoms with Crippen LogP contribution < -0.4 is 4.74 Å². The van der Waals surface area contributed by atoms with Gasteiger partial charge in [-0.1, -0.05) is 44.2 Å². The summed E-state index contributed by atoms with van der Waals surface area (Å²) in [4.78, 5) is 27.9. The summed E-state index contributed by atoms with van der Waals surface area (Å²) in [6.07, 6.45) is 0.000118. The third-order valence-corrected chi connectivity index (χ3v) is 6.12. The van der Waals surface area contributed by atoms with Gasteiger partial charge in [0.15, 0.2) is 0 Å². The Hall–Kier alpha value is -3.12. The molecule has 6 heteroatoms.